The van der Waals surface area contributed by atoms with Gasteiger partial charge in [-0.1, -0.05) is 79.9 Å². The lowest BCUT2D eigenvalue weighted by Crippen LogP contribution is -2.71. The Morgan fingerprint density at radius 1 is 0.692 bits per heavy atom. The number of ether oxygens (including phenoxy) is 1. The Hall–Kier alpha value is -6.65. The zero-order chi connectivity index (χ0) is 77.8. The van der Waals surface area contributed by atoms with Crippen LogP contribution >= 0.6 is 11.6 Å². The van der Waals surface area contributed by atoms with Crippen LogP contribution in [0.4, 0.5) is 17.6 Å². The number of hydrogen-bond donors (Lipinski definition) is 3. The standard InChI is InChI=1S/C74H119ClF4N12O13/c1-17-45(6)60-69(101)85(12)40-59(94)86(13)52-24-22-21-23-33-90(68(52)100)55(36-47-29-31-74(78,79)32-30-47)67(99)84(11)39-57(92)80-51(28-26-46-25-27-49(62(76)77)50(75)35-46)65(97)91-38-44(5)34-53(91)64(96)82-73(42-72(7,8)43-73)71(103)89(16)61(48(18-2)19-3)70(102)88(15)54(66(98)83(9)10)37-58(93)87(14)56(41-104-20-4)63(95)81-60/h21-22,44-56,60-62H,17-20,23-43H2,1-16H3,(H,80,92)(H,81,95)(H,82,96)/b22-21-/t44-,45-,46?,49?,50?,51-,52-,53-,54-,55-,56-,60-,61-/m0/s1. The molecule has 588 valence electrons. The smallest absolute Gasteiger partial charge is 0.248 e. The molecule has 104 heavy (non-hydrogen) atoms. The van der Waals surface area contributed by atoms with Crippen molar-refractivity contribution in [3.63, 3.8) is 0 Å². The van der Waals surface area contributed by atoms with Gasteiger partial charge in [-0.05, 0) is 125 Å². The van der Waals surface area contributed by atoms with Crippen molar-refractivity contribution < 1.29 is 79.8 Å². The van der Waals surface area contributed by atoms with E-state index in [1.165, 1.54) is 76.0 Å². The Labute approximate surface area is 617 Å². The van der Waals surface area contributed by atoms with Crippen LogP contribution in [0.1, 0.15) is 177 Å². The van der Waals surface area contributed by atoms with Crippen LogP contribution in [-0.4, -0.2) is 282 Å². The number of nitrogens with zero attached hydrogens (tertiary/aromatic N) is 9. The molecule has 12 amide bonds. The van der Waals surface area contributed by atoms with E-state index in [4.69, 9.17) is 16.3 Å². The van der Waals surface area contributed by atoms with E-state index >= 15 is 28.8 Å². The summed E-state index contributed by atoms with van der Waals surface area (Å²) in [7, 11) is 11.1. The number of rotatable bonds is 15. The number of amides is 12. The van der Waals surface area contributed by atoms with Gasteiger partial charge >= 0.3 is 0 Å². The number of carbonyl (C=O) groups is 12. The minimum absolute atomic E-state index is 0.0148. The van der Waals surface area contributed by atoms with Crippen LogP contribution in [0, 0.1) is 40.9 Å². The van der Waals surface area contributed by atoms with Crippen molar-refractivity contribution in [2.24, 2.45) is 40.9 Å². The number of nitrogens with one attached hydrogen (secondary N) is 3. The average molecular weight is 1500 g/mol. The first kappa shape index (κ1) is 86.3. The molecule has 1 spiro atoms. The fourth-order valence-electron chi connectivity index (χ4n) is 16.5. The molecule has 3 N–H and O–H groups in total. The van der Waals surface area contributed by atoms with E-state index in [1.807, 2.05) is 34.6 Å². The molecule has 5 fully saturated rings. The van der Waals surface area contributed by atoms with E-state index < -0.39 is 204 Å². The molecule has 25 nitrogen and oxygen atoms in total. The molecule has 30 heteroatoms. The molecule has 13 atom stereocenters. The molecular weight excluding hydrogens is 1380 g/mol. The minimum atomic E-state index is -2.95. The fraction of sp³-hybridized carbons (Fsp3) is 0.811. The van der Waals surface area contributed by atoms with Crippen LogP contribution in [0.5, 0.6) is 0 Å². The van der Waals surface area contributed by atoms with Gasteiger partial charge in [-0.15, -0.1) is 11.6 Å². The SMILES string of the molecule is CCOC[C@H]1C(=O)N[C@@H]([C@@H](C)CC)C(=O)N(C)CC(=O)N(C)[C@H]2C/C=C\CCN(C2=O)[C@@H](CC2CCC(F)(F)CC2)C(=O)N(C)CC(=O)N[C@@H](CCC2CCC(C(F)F)C(Cl)C2)C(=O)N2C[C@@H](C)C[C@H]2C(=O)NC2(CC(C)(C)C2)C(=O)N(C)[C@@H](C(CC)CC)C(=O)N(C)[C@H](C(=O)N(C)C)CC(=O)N1C. The zero-order valence-electron chi connectivity index (χ0n) is 64.3. The number of halogens is 5. The van der Waals surface area contributed by atoms with Crippen LogP contribution in [0.3, 0.4) is 0 Å². The quantitative estimate of drug-likeness (QED) is 0.0975. The van der Waals surface area contributed by atoms with Crippen LogP contribution < -0.4 is 16.0 Å². The zero-order valence-corrected chi connectivity index (χ0v) is 65.0. The Bertz CT molecular complexity index is 3090. The third-order valence-corrected chi connectivity index (χ3v) is 23.5. The van der Waals surface area contributed by atoms with Gasteiger partial charge in [0, 0.05) is 100 Å². The van der Waals surface area contributed by atoms with Gasteiger partial charge in [-0.3, -0.25) is 57.5 Å². The summed E-state index contributed by atoms with van der Waals surface area (Å²) in [6, 6.07) is -10.7. The largest absolute Gasteiger partial charge is 0.379 e. The number of fused-ring (bicyclic) bond motifs is 3. The van der Waals surface area contributed by atoms with Crippen molar-refractivity contribution in [1.29, 1.82) is 0 Å². The van der Waals surface area contributed by atoms with Crippen molar-refractivity contribution in [1.82, 2.24) is 60.0 Å². The maximum Gasteiger partial charge on any atom is 0.248 e. The lowest BCUT2D eigenvalue weighted by molar-refractivity contribution is -0.161. The van der Waals surface area contributed by atoms with Gasteiger partial charge in [0.05, 0.1) is 26.1 Å². The summed E-state index contributed by atoms with van der Waals surface area (Å²) in [6.07, 6.45) is 1.65. The predicted octanol–water partition coefficient (Wildman–Crippen LogP) is 5.94. The molecule has 6 rings (SSSR count). The summed E-state index contributed by atoms with van der Waals surface area (Å²) in [4.78, 5) is 192. The summed E-state index contributed by atoms with van der Waals surface area (Å²) in [5.74, 6) is -14.7. The second kappa shape index (κ2) is 37.2. The van der Waals surface area contributed by atoms with Crippen LogP contribution in [0.25, 0.3) is 0 Å². The molecule has 0 radical (unpaired) electrons. The highest BCUT2D eigenvalue weighted by molar-refractivity contribution is 6.20. The first-order valence-corrected chi connectivity index (χ1v) is 37.9. The van der Waals surface area contributed by atoms with Gasteiger partial charge in [-0.25, -0.2) is 17.6 Å². The number of hydrogen-bond acceptors (Lipinski definition) is 13. The van der Waals surface area contributed by atoms with Gasteiger partial charge in [0.1, 0.15) is 53.9 Å². The van der Waals surface area contributed by atoms with Gasteiger partial charge < -0.3 is 64.8 Å². The van der Waals surface area contributed by atoms with E-state index in [1.54, 1.807) is 32.9 Å². The Morgan fingerprint density at radius 2 is 1.33 bits per heavy atom. The van der Waals surface area contributed by atoms with E-state index in [2.05, 4.69) is 16.0 Å². The van der Waals surface area contributed by atoms with E-state index in [0.29, 0.717) is 25.7 Å². The predicted molar refractivity (Wildman–Crippen MR) is 383 cm³/mol. The lowest BCUT2D eigenvalue weighted by atomic mass is 9.58. The summed E-state index contributed by atoms with van der Waals surface area (Å²) in [6.45, 7) is 12.9. The minimum Gasteiger partial charge on any atom is -0.379 e. The molecule has 3 aliphatic heterocycles. The molecular formula is C74H119ClF4N12O13. The molecule has 3 unspecified atom stereocenters. The molecule has 2 saturated heterocycles. The van der Waals surface area contributed by atoms with E-state index in [-0.39, 0.29) is 115 Å². The summed E-state index contributed by atoms with van der Waals surface area (Å²) < 4.78 is 63.5. The molecule has 2 bridgehead atoms. The highest BCUT2D eigenvalue weighted by atomic mass is 35.5. The fourth-order valence-corrected chi connectivity index (χ4v) is 17.0. The molecule has 0 aromatic carbocycles. The number of carbonyl (C=O) groups excluding carboxylic acids is 12. The maximum atomic E-state index is 15.7. The molecule has 6 aliphatic rings. The summed E-state index contributed by atoms with van der Waals surface area (Å²) >= 11 is 6.57. The van der Waals surface area contributed by atoms with Crippen LogP contribution in [0.2, 0.25) is 0 Å². The Morgan fingerprint density at radius 3 is 1.90 bits per heavy atom. The highest BCUT2D eigenvalue weighted by Gasteiger charge is 2.59. The van der Waals surface area contributed by atoms with E-state index in [9.17, 15) is 46.3 Å². The molecule has 3 aliphatic carbocycles. The van der Waals surface area contributed by atoms with Crippen molar-refractivity contribution >= 4 is 82.5 Å². The van der Waals surface area contributed by atoms with Crippen LogP contribution in [-0.2, 0) is 62.3 Å². The maximum absolute atomic E-state index is 15.7. The van der Waals surface area contributed by atoms with Crippen molar-refractivity contribution in [3.8, 4) is 0 Å². The first-order chi connectivity index (χ1) is 48.7. The normalized spacial score (nSPS) is 30.6. The van der Waals surface area contributed by atoms with Gasteiger partial charge in [0.25, 0.3) is 0 Å². The highest BCUT2D eigenvalue weighted by Crippen LogP contribution is 2.50. The average Bonchev–Trinajstić information content (AvgIpc) is 0.892. The molecule has 3 saturated carbocycles. The van der Waals surface area contributed by atoms with E-state index in [0.717, 1.165) is 24.5 Å². The Balaban J connectivity index is 1.48. The topological polar surface area (TPSA) is 279 Å². The van der Waals surface area contributed by atoms with Gasteiger partial charge in [0.2, 0.25) is 83.2 Å². The lowest BCUT2D eigenvalue weighted by Gasteiger charge is -2.54. The third-order valence-electron chi connectivity index (χ3n) is 23.0. The van der Waals surface area contributed by atoms with Gasteiger partial charge in [0.15, 0.2) is 0 Å². The second-order valence-electron chi connectivity index (χ2n) is 31.7. The van der Waals surface area contributed by atoms with Crippen LogP contribution in [0.15, 0.2) is 12.2 Å². The van der Waals surface area contributed by atoms with Crippen molar-refractivity contribution in [2.45, 2.75) is 249 Å². The van der Waals surface area contributed by atoms with Crippen molar-refractivity contribution in [2.75, 3.05) is 95.8 Å². The first-order valence-electron chi connectivity index (χ1n) is 37.5. The summed E-state index contributed by atoms with van der Waals surface area (Å²) in [5.41, 5.74) is -2.16. The Kier molecular flexibility index (Phi) is 30.9. The molecule has 0 aromatic heterocycles. The monoisotopic (exact) mass is 1490 g/mol. The summed E-state index contributed by atoms with van der Waals surface area (Å²) in [5, 5.41) is 7.86. The number of likely N-dealkylation sites (N-methyl/N-ethyl adjacent to an activating group) is 7. The molecule has 3 heterocycles. The van der Waals surface area contributed by atoms with Crippen molar-refractivity contribution in [3.05, 3.63) is 12.2 Å². The third kappa shape index (κ3) is 21.1. The van der Waals surface area contributed by atoms with Gasteiger partial charge in [-0.2, -0.15) is 0 Å². The molecule has 0 aromatic rings. The number of alkyl halides is 5. The second-order valence-corrected chi connectivity index (χ2v) is 32.3.